The summed E-state index contributed by atoms with van der Waals surface area (Å²) in [6, 6.07) is 5.65. The van der Waals surface area contributed by atoms with Crippen LogP contribution in [-0.2, 0) is 20.7 Å². The Balaban J connectivity index is 1.99. The lowest BCUT2D eigenvalue weighted by Crippen LogP contribution is -2.16. The van der Waals surface area contributed by atoms with Gasteiger partial charge in [0.05, 0.1) is 13.5 Å². The third kappa shape index (κ3) is 3.36. The van der Waals surface area contributed by atoms with Crippen LogP contribution in [0.1, 0.15) is 36.9 Å². The first kappa shape index (κ1) is 14.5. The van der Waals surface area contributed by atoms with Gasteiger partial charge in [-0.2, -0.15) is 0 Å². The van der Waals surface area contributed by atoms with Crippen LogP contribution >= 0.6 is 0 Å². The second-order valence-corrected chi connectivity index (χ2v) is 5.37. The molecule has 0 saturated heterocycles. The zero-order chi connectivity index (χ0) is 14.7. The number of ether oxygens (including phenoxy) is 1. The van der Waals surface area contributed by atoms with Gasteiger partial charge in [0.25, 0.3) is 0 Å². The van der Waals surface area contributed by atoms with E-state index in [1.807, 2.05) is 25.1 Å². The predicted octanol–water partition coefficient (Wildman–Crippen LogP) is 1.77. The molecule has 0 fully saturated rings. The number of hydrogen-bond acceptors (Lipinski definition) is 4. The van der Waals surface area contributed by atoms with E-state index in [2.05, 4.69) is 10.1 Å². The lowest BCUT2D eigenvalue weighted by molar-refractivity contribution is -0.141. The third-order valence-corrected chi connectivity index (χ3v) is 3.58. The number of carbonyl (C=O) groups is 2. The molecule has 0 radical (unpaired) electrons. The molecule has 5 heteroatoms. The Kier molecular flexibility index (Phi) is 4.39. The van der Waals surface area contributed by atoms with Crippen molar-refractivity contribution in [2.75, 3.05) is 12.4 Å². The van der Waals surface area contributed by atoms with Gasteiger partial charge in [0, 0.05) is 18.2 Å². The number of amides is 1. The van der Waals surface area contributed by atoms with Gasteiger partial charge >= 0.3 is 5.97 Å². The summed E-state index contributed by atoms with van der Waals surface area (Å²) < 4.78 is 4.65. The molecule has 2 atom stereocenters. The number of carbonyl (C=O) groups excluding carboxylic acids is 2. The van der Waals surface area contributed by atoms with E-state index in [1.165, 1.54) is 7.11 Å². The number of methoxy groups -OCH3 is 1. The van der Waals surface area contributed by atoms with Gasteiger partial charge in [-0.15, -0.1) is 0 Å². The Morgan fingerprint density at radius 2 is 2.25 bits per heavy atom. The van der Waals surface area contributed by atoms with Gasteiger partial charge in [-0.05, 0) is 29.5 Å². The maximum Gasteiger partial charge on any atom is 0.305 e. The number of rotatable bonds is 5. The van der Waals surface area contributed by atoms with Crippen molar-refractivity contribution in [2.24, 2.45) is 11.7 Å². The topological polar surface area (TPSA) is 81.4 Å². The summed E-state index contributed by atoms with van der Waals surface area (Å²) in [4.78, 5) is 22.5. The minimum Gasteiger partial charge on any atom is -0.469 e. The van der Waals surface area contributed by atoms with E-state index in [-0.39, 0.29) is 23.8 Å². The molecule has 1 aliphatic heterocycles. The quantitative estimate of drug-likeness (QED) is 0.803. The van der Waals surface area contributed by atoms with Crippen LogP contribution in [0, 0.1) is 5.92 Å². The summed E-state index contributed by atoms with van der Waals surface area (Å²) in [5.74, 6) is -0.0382. The molecule has 108 valence electrons. The zero-order valence-corrected chi connectivity index (χ0v) is 11.8. The molecule has 0 bridgehead atoms. The van der Waals surface area contributed by atoms with Crippen molar-refractivity contribution >= 4 is 17.6 Å². The fourth-order valence-electron chi connectivity index (χ4n) is 2.50. The number of esters is 1. The van der Waals surface area contributed by atoms with E-state index in [1.54, 1.807) is 0 Å². The Morgan fingerprint density at radius 1 is 1.50 bits per heavy atom. The Labute approximate surface area is 118 Å². The van der Waals surface area contributed by atoms with E-state index < -0.39 is 0 Å². The van der Waals surface area contributed by atoms with E-state index in [0.717, 1.165) is 16.8 Å². The average Bonchev–Trinajstić information content (AvgIpc) is 2.77. The molecule has 3 N–H and O–H groups in total. The van der Waals surface area contributed by atoms with Crippen molar-refractivity contribution in [1.29, 1.82) is 0 Å². The van der Waals surface area contributed by atoms with Gasteiger partial charge in [0.15, 0.2) is 0 Å². The highest BCUT2D eigenvalue weighted by molar-refractivity contribution is 5.99. The minimum atomic E-state index is -0.214. The summed E-state index contributed by atoms with van der Waals surface area (Å²) in [5, 5.41) is 2.80. The highest BCUT2D eigenvalue weighted by atomic mass is 16.5. The van der Waals surface area contributed by atoms with Gasteiger partial charge in [0.2, 0.25) is 5.91 Å². The molecule has 0 spiro atoms. The van der Waals surface area contributed by atoms with Crippen LogP contribution in [0.25, 0.3) is 0 Å². The zero-order valence-electron chi connectivity index (χ0n) is 11.8. The second kappa shape index (κ2) is 6.05. The van der Waals surface area contributed by atoms with Crippen LogP contribution in [0.15, 0.2) is 18.2 Å². The molecular formula is C15H20N2O3. The van der Waals surface area contributed by atoms with Crippen molar-refractivity contribution in [1.82, 2.24) is 0 Å². The number of fused-ring (bicyclic) bond motifs is 1. The molecule has 1 amide bonds. The second-order valence-electron chi connectivity index (χ2n) is 5.37. The molecule has 1 aliphatic rings. The van der Waals surface area contributed by atoms with Crippen molar-refractivity contribution in [3.8, 4) is 0 Å². The molecular weight excluding hydrogens is 256 g/mol. The highest BCUT2D eigenvalue weighted by Crippen LogP contribution is 2.28. The maximum absolute atomic E-state index is 11.3. The van der Waals surface area contributed by atoms with E-state index in [4.69, 9.17) is 5.73 Å². The van der Waals surface area contributed by atoms with E-state index in [9.17, 15) is 9.59 Å². The third-order valence-electron chi connectivity index (χ3n) is 3.58. The fraction of sp³-hybridized carbons (Fsp3) is 0.467. The first-order valence-electron chi connectivity index (χ1n) is 6.74. The molecule has 0 aromatic heterocycles. The molecule has 0 saturated carbocycles. The Bertz CT molecular complexity index is 528. The van der Waals surface area contributed by atoms with Gasteiger partial charge in [-0.1, -0.05) is 19.1 Å². The van der Waals surface area contributed by atoms with Crippen LogP contribution < -0.4 is 11.1 Å². The predicted molar refractivity (Wildman–Crippen MR) is 76.1 cm³/mol. The van der Waals surface area contributed by atoms with Crippen LogP contribution in [0.5, 0.6) is 0 Å². The van der Waals surface area contributed by atoms with Gasteiger partial charge in [-0.25, -0.2) is 0 Å². The SMILES string of the molecule is COC(=O)CC(C)CC(N)c1ccc2c(c1)CC(=O)N2. The van der Waals surface area contributed by atoms with Crippen molar-refractivity contribution < 1.29 is 14.3 Å². The molecule has 2 rings (SSSR count). The summed E-state index contributed by atoms with van der Waals surface area (Å²) >= 11 is 0. The number of hydrogen-bond donors (Lipinski definition) is 2. The van der Waals surface area contributed by atoms with Crippen LogP contribution in [-0.4, -0.2) is 19.0 Å². The molecule has 1 heterocycles. The Morgan fingerprint density at radius 3 is 2.95 bits per heavy atom. The smallest absolute Gasteiger partial charge is 0.305 e. The summed E-state index contributed by atoms with van der Waals surface area (Å²) in [6.07, 6.45) is 1.48. The molecule has 1 aromatic carbocycles. The summed E-state index contributed by atoms with van der Waals surface area (Å²) in [6.45, 7) is 1.98. The van der Waals surface area contributed by atoms with Crippen molar-refractivity contribution in [2.45, 2.75) is 32.2 Å². The average molecular weight is 276 g/mol. The first-order chi connectivity index (χ1) is 9.49. The van der Waals surface area contributed by atoms with Gasteiger partial charge < -0.3 is 15.8 Å². The Hall–Kier alpha value is -1.88. The monoisotopic (exact) mass is 276 g/mol. The van der Waals surface area contributed by atoms with Gasteiger partial charge in [-0.3, -0.25) is 9.59 Å². The summed E-state index contributed by atoms with van der Waals surface area (Å²) in [5.41, 5.74) is 9.04. The van der Waals surface area contributed by atoms with Gasteiger partial charge in [0.1, 0.15) is 0 Å². The lowest BCUT2D eigenvalue weighted by atomic mass is 9.93. The normalized spacial score (nSPS) is 16.2. The maximum atomic E-state index is 11.3. The lowest BCUT2D eigenvalue weighted by Gasteiger charge is -2.17. The van der Waals surface area contributed by atoms with E-state index in [0.29, 0.717) is 19.3 Å². The van der Waals surface area contributed by atoms with Crippen molar-refractivity contribution in [3.05, 3.63) is 29.3 Å². The number of nitrogens with two attached hydrogens (primary N) is 1. The summed E-state index contributed by atoms with van der Waals surface area (Å²) in [7, 11) is 1.39. The van der Waals surface area contributed by atoms with E-state index >= 15 is 0 Å². The first-order valence-corrected chi connectivity index (χ1v) is 6.74. The fourth-order valence-corrected chi connectivity index (χ4v) is 2.50. The minimum absolute atomic E-state index is 0.0183. The standard InChI is InChI=1S/C15H20N2O3/c1-9(6-15(19)20-2)5-12(16)10-3-4-13-11(7-10)8-14(18)17-13/h3-4,7,9,12H,5-6,8,16H2,1-2H3,(H,17,18). The largest absolute Gasteiger partial charge is 0.469 e. The number of anilines is 1. The highest BCUT2D eigenvalue weighted by Gasteiger charge is 2.20. The van der Waals surface area contributed by atoms with Crippen LogP contribution in [0.3, 0.4) is 0 Å². The molecule has 2 unspecified atom stereocenters. The van der Waals surface area contributed by atoms with Crippen LogP contribution in [0.4, 0.5) is 5.69 Å². The molecule has 0 aliphatic carbocycles. The number of nitrogens with one attached hydrogen (secondary N) is 1. The number of benzene rings is 1. The molecule has 1 aromatic rings. The molecule has 20 heavy (non-hydrogen) atoms. The molecule has 5 nitrogen and oxygen atoms in total. The van der Waals surface area contributed by atoms with Crippen LogP contribution in [0.2, 0.25) is 0 Å². The van der Waals surface area contributed by atoms with Crippen molar-refractivity contribution in [3.63, 3.8) is 0 Å².